The molecular weight excluding hydrogens is 466 g/mol. The zero-order valence-corrected chi connectivity index (χ0v) is 19.9. The van der Waals surface area contributed by atoms with Crippen molar-refractivity contribution < 1.29 is 9.53 Å². The maximum absolute atomic E-state index is 12.7. The van der Waals surface area contributed by atoms with Crippen molar-refractivity contribution in [1.29, 1.82) is 0 Å². The summed E-state index contributed by atoms with van der Waals surface area (Å²) in [6, 6.07) is 23.9. The fourth-order valence-electron chi connectivity index (χ4n) is 3.47. The summed E-state index contributed by atoms with van der Waals surface area (Å²) in [5.74, 6) is 1.29. The summed E-state index contributed by atoms with van der Waals surface area (Å²) < 4.78 is 8.12. The summed E-state index contributed by atoms with van der Waals surface area (Å²) in [4.78, 5) is 16.8. The topological polar surface area (TPSA) is 81.9 Å². The highest BCUT2D eigenvalue weighted by molar-refractivity contribution is 8.00. The molecule has 9 heteroatoms. The molecule has 0 saturated carbocycles. The Hall–Kier alpha value is -3.69. The lowest BCUT2D eigenvalue weighted by molar-refractivity contribution is -0.115. The van der Waals surface area contributed by atoms with Gasteiger partial charge in [0, 0.05) is 22.7 Å². The number of anilines is 1. The van der Waals surface area contributed by atoms with E-state index >= 15 is 0 Å². The first-order valence-corrected chi connectivity index (χ1v) is 12.4. The summed E-state index contributed by atoms with van der Waals surface area (Å²) in [6.45, 7) is 2.07. The van der Waals surface area contributed by atoms with E-state index in [4.69, 9.17) is 4.74 Å². The maximum atomic E-state index is 12.7. The number of amides is 1. The minimum atomic E-state index is -0.401. The number of aromatic nitrogens is 4. The minimum Gasteiger partial charge on any atom is -0.485 e. The molecule has 0 aliphatic carbocycles. The van der Waals surface area contributed by atoms with Crippen molar-refractivity contribution in [2.75, 3.05) is 5.32 Å². The molecule has 34 heavy (non-hydrogen) atoms. The maximum Gasteiger partial charge on any atom is 0.239 e. The highest BCUT2D eigenvalue weighted by Gasteiger charge is 2.22. The molecular formula is C25H21N5O2S2. The van der Waals surface area contributed by atoms with E-state index in [-0.39, 0.29) is 12.5 Å². The Morgan fingerprint density at radius 2 is 1.85 bits per heavy atom. The molecule has 2 heterocycles. The predicted molar refractivity (Wildman–Crippen MR) is 136 cm³/mol. The van der Waals surface area contributed by atoms with Gasteiger partial charge in [0.25, 0.3) is 0 Å². The monoisotopic (exact) mass is 487 g/mol. The number of carbonyl (C=O) groups is 1. The number of para-hydroxylation sites is 1. The van der Waals surface area contributed by atoms with Gasteiger partial charge in [0.15, 0.2) is 16.1 Å². The van der Waals surface area contributed by atoms with Gasteiger partial charge in [-0.25, -0.2) is 4.98 Å². The first-order chi connectivity index (χ1) is 16.7. The SMILES string of the molecule is C[C@H](Sc1nnc(COc2cccc3ccccc23)n1-c1ccccc1)C(=O)Nc1nccs1. The summed E-state index contributed by atoms with van der Waals surface area (Å²) in [5.41, 5.74) is 0.902. The molecule has 0 saturated heterocycles. The van der Waals surface area contributed by atoms with E-state index in [9.17, 15) is 4.79 Å². The van der Waals surface area contributed by atoms with E-state index in [1.54, 1.807) is 6.20 Å². The van der Waals surface area contributed by atoms with Gasteiger partial charge in [-0.1, -0.05) is 66.4 Å². The fraction of sp³-hybridized carbons (Fsp3) is 0.120. The first kappa shape index (κ1) is 22.1. The van der Waals surface area contributed by atoms with Crippen LogP contribution in [0, 0.1) is 0 Å². The number of nitrogens with one attached hydrogen (secondary N) is 1. The van der Waals surface area contributed by atoms with Gasteiger partial charge in [-0.15, -0.1) is 21.5 Å². The molecule has 0 aliphatic rings. The fourth-order valence-corrected chi connectivity index (χ4v) is 4.89. The van der Waals surface area contributed by atoms with Gasteiger partial charge in [0.2, 0.25) is 5.91 Å². The number of ether oxygens (including phenoxy) is 1. The van der Waals surface area contributed by atoms with Crippen LogP contribution in [0.1, 0.15) is 12.7 Å². The molecule has 0 spiro atoms. The van der Waals surface area contributed by atoms with Crippen molar-refractivity contribution in [2.45, 2.75) is 23.9 Å². The van der Waals surface area contributed by atoms with Crippen molar-refractivity contribution in [3.05, 3.63) is 90.2 Å². The van der Waals surface area contributed by atoms with E-state index < -0.39 is 5.25 Å². The van der Waals surface area contributed by atoms with Gasteiger partial charge in [0.05, 0.1) is 5.25 Å². The number of hydrogen-bond acceptors (Lipinski definition) is 7. The number of fused-ring (bicyclic) bond motifs is 1. The summed E-state index contributed by atoms with van der Waals surface area (Å²) in [7, 11) is 0. The molecule has 2 aromatic heterocycles. The van der Waals surface area contributed by atoms with Crippen LogP contribution in [0.25, 0.3) is 16.5 Å². The number of hydrogen-bond donors (Lipinski definition) is 1. The average molecular weight is 488 g/mol. The number of nitrogens with zero attached hydrogens (tertiary/aromatic N) is 4. The van der Waals surface area contributed by atoms with E-state index in [0.717, 1.165) is 22.2 Å². The Morgan fingerprint density at radius 3 is 2.68 bits per heavy atom. The molecule has 1 atom stereocenters. The standard InChI is InChI=1S/C25H21N5O2S2/c1-17(23(31)27-24-26-14-15-33-24)34-25-29-28-22(30(25)19-10-3-2-4-11-19)16-32-21-13-7-9-18-8-5-6-12-20(18)21/h2-15,17H,16H2,1H3,(H,26,27,31)/t17-/m0/s1. The van der Waals surface area contributed by atoms with Gasteiger partial charge in [-0.3, -0.25) is 9.36 Å². The van der Waals surface area contributed by atoms with Crippen LogP contribution in [0.5, 0.6) is 5.75 Å². The van der Waals surface area contributed by atoms with Crippen molar-refractivity contribution in [3.63, 3.8) is 0 Å². The average Bonchev–Trinajstić information content (AvgIpc) is 3.53. The van der Waals surface area contributed by atoms with Gasteiger partial charge in [-0.05, 0) is 30.5 Å². The molecule has 0 unspecified atom stereocenters. The minimum absolute atomic E-state index is 0.142. The van der Waals surface area contributed by atoms with E-state index in [2.05, 4.69) is 32.6 Å². The molecule has 5 aromatic rings. The van der Waals surface area contributed by atoms with E-state index in [1.165, 1.54) is 23.1 Å². The van der Waals surface area contributed by atoms with Crippen LogP contribution in [0.15, 0.2) is 89.5 Å². The lowest BCUT2D eigenvalue weighted by atomic mass is 10.1. The van der Waals surface area contributed by atoms with Crippen molar-refractivity contribution >= 4 is 44.9 Å². The van der Waals surface area contributed by atoms with Gasteiger partial charge >= 0.3 is 0 Å². The van der Waals surface area contributed by atoms with Crippen LogP contribution in [-0.4, -0.2) is 30.9 Å². The third kappa shape index (κ3) is 4.80. The quantitative estimate of drug-likeness (QED) is 0.288. The van der Waals surface area contributed by atoms with Crippen LogP contribution < -0.4 is 10.1 Å². The third-order valence-corrected chi connectivity index (χ3v) is 6.87. The zero-order valence-electron chi connectivity index (χ0n) is 18.3. The van der Waals surface area contributed by atoms with Crippen molar-refractivity contribution in [1.82, 2.24) is 19.7 Å². The second kappa shape index (κ2) is 10.1. The van der Waals surface area contributed by atoms with Gasteiger partial charge < -0.3 is 10.1 Å². The molecule has 0 aliphatic heterocycles. The molecule has 0 fully saturated rings. The zero-order chi connectivity index (χ0) is 23.3. The Morgan fingerprint density at radius 1 is 1.06 bits per heavy atom. The van der Waals surface area contributed by atoms with Gasteiger partial charge in [0.1, 0.15) is 12.4 Å². The predicted octanol–water partition coefficient (Wildman–Crippen LogP) is 5.58. The Kier molecular flexibility index (Phi) is 6.55. The summed E-state index contributed by atoms with van der Waals surface area (Å²) >= 11 is 2.72. The highest BCUT2D eigenvalue weighted by Crippen LogP contribution is 2.29. The van der Waals surface area contributed by atoms with Crippen LogP contribution in [0.4, 0.5) is 5.13 Å². The highest BCUT2D eigenvalue weighted by atomic mass is 32.2. The summed E-state index contributed by atoms with van der Waals surface area (Å²) in [6.07, 6.45) is 1.66. The van der Waals surface area contributed by atoms with Crippen LogP contribution in [-0.2, 0) is 11.4 Å². The molecule has 1 N–H and O–H groups in total. The summed E-state index contributed by atoms with van der Waals surface area (Å²) in [5, 5.41) is 16.4. The number of thiazole rings is 1. The van der Waals surface area contributed by atoms with Gasteiger partial charge in [-0.2, -0.15) is 0 Å². The van der Waals surface area contributed by atoms with E-state index in [0.29, 0.717) is 16.1 Å². The number of thioether (sulfide) groups is 1. The molecule has 5 rings (SSSR count). The lowest BCUT2D eigenvalue weighted by Gasteiger charge is -2.14. The van der Waals surface area contributed by atoms with Crippen LogP contribution in [0.2, 0.25) is 0 Å². The third-order valence-electron chi connectivity index (χ3n) is 5.14. The molecule has 170 valence electrons. The Balaban J connectivity index is 1.40. The molecule has 1 amide bonds. The normalized spacial score (nSPS) is 11.9. The molecule has 0 bridgehead atoms. The Bertz CT molecular complexity index is 1400. The second-order valence-electron chi connectivity index (χ2n) is 7.42. The van der Waals surface area contributed by atoms with E-state index in [1.807, 2.05) is 77.5 Å². The van der Waals surface area contributed by atoms with Crippen LogP contribution >= 0.6 is 23.1 Å². The Labute approximate surface area is 204 Å². The lowest BCUT2D eigenvalue weighted by Crippen LogP contribution is -2.22. The number of rotatable bonds is 8. The number of carbonyl (C=O) groups excluding carboxylic acids is 1. The smallest absolute Gasteiger partial charge is 0.239 e. The molecule has 0 radical (unpaired) electrons. The van der Waals surface area contributed by atoms with Crippen molar-refractivity contribution in [3.8, 4) is 11.4 Å². The van der Waals surface area contributed by atoms with Crippen LogP contribution in [0.3, 0.4) is 0 Å². The second-order valence-corrected chi connectivity index (χ2v) is 9.62. The first-order valence-electron chi connectivity index (χ1n) is 10.7. The molecule has 3 aromatic carbocycles. The molecule has 7 nitrogen and oxygen atoms in total. The van der Waals surface area contributed by atoms with Crippen molar-refractivity contribution in [2.24, 2.45) is 0 Å². The largest absolute Gasteiger partial charge is 0.485 e. The number of benzene rings is 3.